The molecule has 3 aromatic rings. The molecule has 9 nitrogen and oxygen atoms in total. The van der Waals surface area contributed by atoms with Gasteiger partial charge in [-0.2, -0.15) is 13.2 Å². The van der Waals surface area contributed by atoms with Gasteiger partial charge in [0.1, 0.15) is 11.6 Å². The number of fused-ring (bicyclic) bond motifs is 1. The SMILES string of the molecule is Cc1ccc(CNC(=O)C2CCc3nnc(C4CCN(Cc5cccnc5)CC4)n3C2)cc1.O=C(O)C(F)(F)F. The summed E-state index contributed by atoms with van der Waals surface area (Å²) in [6, 6.07) is 12.5. The van der Waals surface area contributed by atoms with Gasteiger partial charge in [0.05, 0.1) is 5.92 Å². The van der Waals surface area contributed by atoms with Crippen LogP contribution in [-0.4, -0.2) is 60.9 Å². The summed E-state index contributed by atoms with van der Waals surface area (Å²) in [5, 5.41) is 19.3. The minimum absolute atomic E-state index is 0.0247. The van der Waals surface area contributed by atoms with E-state index in [4.69, 9.17) is 9.90 Å². The van der Waals surface area contributed by atoms with Crippen molar-refractivity contribution in [1.82, 2.24) is 30.0 Å². The number of hydrogen-bond acceptors (Lipinski definition) is 6. The Morgan fingerprint density at radius 1 is 1.05 bits per heavy atom. The highest BCUT2D eigenvalue weighted by Crippen LogP contribution is 2.31. The minimum Gasteiger partial charge on any atom is -0.475 e. The maximum atomic E-state index is 12.9. The predicted octanol–water partition coefficient (Wildman–Crippen LogP) is 3.87. The second-order valence-corrected chi connectivity index (χ2v) is 10.2. The van der Waals surface area contributed by atoms with Crippen LogP contribution in [0.15, 0.2) is 48.8 Å². The zero-order chi connectivity index (χ0) is 28.7. The monoisotopic (exact) mass is 558 g/mol. The number of aliphatic carboxylic acids is 1. The molecule has 1 amide bonds. The Balaban J connectivity index is 0.000000470. The van der Waals surface area contributed by atoms with E-state index in [-0.39, 0.29) is 11.8 Å². The van der Waals surface area contributed by atoms with Gasteiger partial charge in [0.15, 0.2) is 0 Å². The molecule has 1 aromatic carbocycles. The van der Waals surface area contributed by atoms with Crippen LogP contribution in [0.25, 0.3) is 0 Å². The van der Waals surface area contributed by atoms with Gasteiger partial charge in [0.2, 0.25) is 5.91 Å². The Kier molecular flexibility index (Phi) is 9.51. The van der Waals surface area contributed by atoms with Crippen LogP contribution in [0, 0.1) is 12.8 Å². The van der Waals surface area contributed by atoms with Crippen molar-refractivity contribution in [3.8, 4) is 0 Å². The first-order chi connectivity index (χ1) is 19.1. The number of nitrogens with zero attached hydrogens (tertiary/aromatic N) is 5. The third-order valence-corrected chi connectivity index (χ3v) is 7.26. The summed E-state index contributed by atoms with van der Waals surface area (Å²) in [5.41, 5.74) is 3.62. The molecule has 1 fully saturated rings. The Morgan fingerprint density at radius 2 is 1.75 bits per heavy atom. The molecule has 0 spiro atoms. The van der Waals surface area contributed by atoms with Gasteiger partial charge >= 0.3 is 12.1 Å². The Bertz CT molecular complexity index is 1270. The number of carboxylic acid groups (broad SMARTS) is 1. The fraction of sp³-hybridized carbons (Fsp3) is 0.464. The van der Waals surface area contributed by atoms with Crippen LogP contribution in [0.3, 0.4) is 0 Å². The number of likely N-dealkylation sites (tertiary alicyclic amines) is 1. The number of pyridine rings is 1. The number of aryl methyl sites for hydroxylation is 2. The first-order valence-corrected chi connectivity index (χ1v) is 13.3. The molecule has 40 heavy (non-hydrogen) atoms. The predicted molar refractivity (Wildman–Crippen MR) is 140 cm³/mol. The van der Waals surface area contributed by atoms with E-state index in [0.717, 1.165) is 62.5 Å². The van der Waals surface area contributed by atoms with E-state index in [0.29, 0.717) is 19.0 Å². The van der Waals surface area contributed by atoms with Crippen LogP contribution < -0.4 is 5.32 Å². The number of carboxylic acids is 1. The van der Waals surface area contributed by atoms with E-state index in [1.54, 1.807) is 0 Å². The lowest BCUT2D eigenvalue weighted by atomic mass is 9.93. The van der Waals surface area contributed by atoms with Gasteiger partial charge in [0, 0.05) is 44.4 Å². The molecule has 1 unspecified atom stereocenters. The molecule has 2 aliphatic rings. The van der Waals surface area contributed by atoms with E-state index in [1.807, 2.05) is 18.5 Å². The van der Waals surface area contributed by atoms with Crippen molar-refractivity contribution < 1.29 is 27.9 Å². The molecule has 2 aliphatic heterocycles. The summed E-state index contributed by atoms with van der Waals surface area (Å²) in [4.78, 5) is 28.5. The number of hydrogen-bond donors (Lipinski definition) is 2. The highest BCUT2D eigenvalue weighted by Gasteiger charge is 2.38. The number of amides is 1. The number of rotatable bonds is 6. The largest absolute Gasteiger partial charge is 0.490 e. The van der Waals surface area contributed by atoms with Crippen LogP contribution >= 0.6 is 0 Å². The third kappa shape index (κ3) is 7.87. The number of nitrogens with one attached hydrogen (secondary N) is 1. The maximum Gasteiger partial charge on any atom is 0.490 e. The fourth-order valence-electron chi connectivity index (χ4n) is 5.00. The molecule has 214 valence electrons. The van der Waals surface area contributed by atoms with Crippen molar-refractivity contribution >= 4 is 11.9 Å². The topological polar surface area (TPSA) is 113 Å². The van der Waals surface area contributed by atoms with Crippen molar-refractivity contribution in [1.29, 1.82) is 0 Å². The van der Waals surface area contributed by atoms with Gasteiger partial charge in [0.25, 0.3) is 0 Å². The Labute approximate surface area is 230 Å². The smallest absolute Gasteiger partial charge is 0.475 e. The number of halogens is 3. The molecule has 2 N–H and O–H groups in total. The molecule has 1 atom stereocenters. The summed E-state index contributed by atoms with van der Waals surface area (Å²) in [6.07, 6.45) is 2.48. The van der Waals surface area contributed by atoms with E-state index < -0.39 is 12.1 Å². The minimum atomic E-state index is -5.08. The van der Waals surface area contributed by atoms with Gasteiger partial charge < -0.3 is 15.0 Å². The van der Waals surface area contributed by atoms with Crippen molar-refractivity contribution in [2.45, 2.75) is 64.3 Å². The van der Waals surface area contributed by atoms with Crippen LogP contribution in [0.1, 0.15) is 53.5 Å². The summed E-state index contributed by atoms with van der Waals surface area (Å²) >= 11 is 0. The van der Waals surface area contributed by atoms with Gasteiger partial charge in [-0.15, -0.1) is 10.2 Å². The van der Waals surface area contributed by atoms with Crippen molar-refractivity contribution in [3.63, 3.8) is 0 Å². The molecule has 1 saturated heterocycles. The number of carbonyl (C=O) groups is 2. The molecule has 0 bridgehead atoms. The Hall–Kier alpha value is -3.80. The molecular formula is C28H33F3N6O3. The quantitative estimate of drug-likeness (QED) is 0.472. The molecule has 0 saturated carbocycles. The second-order valence-electron chi connectivity index (χ2n) is 10.2. The van der Waals surface area contributed by atoms with Gasteiger partial charge in [-0.05, 0) is 56.5 Å². The number of alkyl halides is 3. The molecule has 5 rings (SSSR count). The van der Waals surface area contributed by atoms with E-state index >= 15 is 0 Å². The molecule has 4 heterocycles. The molecule has 2 aromatic heterocycles. The standard InChI is InChI=1S/C26H32N6O.C2HF3O2/c1-19-4-6-20(7-5-19)16-28-26(33)23-8-9-24-29-30-25(32(24)18-23)22-10-13-31(14-11-22)17-21-3-2-12-27-15-21;3-2(4,5)1(6)7/h2-7,12,15,22-23H,8-11,13-14,16-18H2,1H3,(H,28,33);(H,6,7). The summed E-state index contributed by atoms with van der Waals surface area (Å²) < 4.78 is 34.0. The molecule has 12 heteroatoms. The summed E-state index contributed by atoms with van der Waals surface area (Å²) in [5.74, 6) is -0.138. The third-order valence-electron chi connectivity index (χ3n) is 7.26. The maximum absolute atomic E-state index is 12.9. The normalized spacial score (nSPS) is 17.9. The molecule has 0 radical (unpaired) electrons. The molecular weight excluding hydrogens is 525 g/mol. The first-order valence-electron chi connectivity index (χ1n) is 13.3. The van der Waals surface area contributed by atoms with Gasteiger partial charge in [-0.3, -0.25) is 14.7 Å². The summed E-state index contributed by atoms with van der Waals surface area (Å²) in [6.45, 7) is 6.37. The van der Waals surface area contributed by atoms with E-state index in [1.165, 1.54) is 11.1 Å². The van der Waals surface area contributed by atoms with Gasteiger partial charge in [-0.1, -0.05) is 35.9 Å². The van der Waals surface area contributed by atoms with Crippen molar-refractivity contribution in [2.24, 2.45) is 5.92 Å². The van der Waals surface area contributed by atoms with Crippen LogP contribution in [0.5, 0.6) is 0 Å². The van der Waals surface area contributed by atoms with Crippen LogP contribution in [0.4, 0.5) is 13.2 Å². The number of piperidine rings is 1. The lowest BCUT2D eigenvalue weighted by molar-refractivity contribution is -0.192. The number of aromatic nitrogens is 4. The summed E-state index contributed by atoms with van der Waals surface area (Å²) in [7, 11) is 0. The lowest BCUT2D eigenvalue weighted by Crippen LogP contribution is -2.37. The fourth-order valence-corrected chi connectivity index (χ4v) is 5.00. The van der Waals surface area contributed by atoms with Gasteiger partial charge in [-0.25, -0.2) is 4.79 Å². The highest BCUT2D eigenvalue weighted by molar-refractivity contribution is 5.78. The van der Waals surface area contributed by atoms with Crippen LogP contribution in [-0.2, 0) is 35.6 Å². The Morgan fingerprint density at radius 3 is 2.38 bits per heavy atom. The zero-order valence-electron chi connectivity index (χ0n) is 22.3. The second kappa shape index (κ2) is 13.0. The van der Waals surface area contributed by atoms with E-state index in [2.05, 4.69) is 67.2 Å². The van der Waals surface area contributed by atoms with E-state index in [9.17, 15) is 18.0 Å². The van der Waals surface area contributed by atoms with Crippen LogP contribution in [0.2, 0.25) is 0 Å². The number of carbonyl (C=O) groups excluding carboxylic acids is 1. The average Bonchev–Trinajstić information content (AvgIpc) is 3.37. The number of benzene rings is 1. The molecule has 0 aliphatic carbocycles. The van der Waals surface area contributed by atoms with Crippen molar-refractivity contribution in [3.05, 3.63) is 77.1 Å². The van der Waals surface area contributed by atoms with Crippen molar-refractivity contribution in [2.75, 3.05) is 13.1 Å². The zero-order valence-corrected chi connectivity index (χ0v) is 22.3. The lowest BCUT2D eigenvalue weighted by Gasteiger charge is -2.32. The highest BCUT2D eigenvalue weighted by atomic mass is 19.4. The average molecular weight is 559 g/mol. The first kappa shape index (κ1) is 29.2.